The lowest BCUT2D eigenvalue weighted by molar-refractivity contribution is 0.0697. The van der Waals surface area contributed by atoms with E-state index in [2.05, 4.69) is 21.2 Å². The monoisotopic (exact) mass is 469 g/mol. The summed E-state index contributed by atoms with van der Waals surface area (Å²) in [4.78, 5) is 23.7. The zero-order chi connectivity index (χ0) is 23.4. The van der Waals surface area contributed by atoms with Crippen LogP contribution >= 0.6 is 11.6 Å². The molecule has 0 unspecified atom stereocenters. The van der Waals surface area contributed by atoms with Gasteiger partial charge in [-0.05, 0) is 67.8 Å². The van der Waals surface area contributed by atoms with Crippen LogP contribution in [-0.2, 0) is 6.42 Å². The second kappa shape index (κ2) is 7.81. The minimum atomic E-state index is -0.995. The van der Waals surface area contributed by atoms with Crippen molar-refractivity contribution in [1.29, 1.82) is 0 Å². The van der Waals surface area contributed by atoms with E-state index in [1.54, 1.807) is 18.2 Å². The second-order valence-electron chi connectivity index (χ2n) is 8.47. The van der Waals surface area contributed by atoms with Crippen LogP contribution in [0.25, 0.3) is 33.2 Å². The van der Waals surface area contributed by atoms with Crippen LogP contribution in [0.2, 0.25) is 5.02 Å². The Balaban J connectivity index is 1.63. The quantitative estimate of drug-likeness (QED) is 0.340. The summed E-state index contributed by atoms with van der Waals surface area (Å²) in [6.45, 7) is 2.72. The average molecular weight is 470 g/mol. The van der Waals surface area contributed by atoms with E-state index in [0.29, 0.717) is 16.9 Å². The van der Waals surface area contributed by atoms with Gasteiger partial charge in [-0.3, -0.25) is 5.10 Å². The Labute approximate surface area is 200 Å². The highest BCUT2D eigenvalue weighted by Crippen LogP contribution is 2.40. The first kappa shape index (κ1) is 20.6. The van der Waals surface area contributed by atoms with E-state index in [0.717, 1.165) is 63.5 Å². The number of aromatic amines is 1. The lowest BCUT2D eigenvalue weighted by Gasteiger charge is -2.32. The predicted octanol–water partition coefficient (Wildman–Crippen LogP) is 5.92. The molecule has 0 radical (unpaired) electrons. The lowest BCUT2D eigenvalue weighted by atomic mass is 10.0. The summed E-state index contributed by atoms with van der Waals surface area (Å²) < 4.78 is 0. The summed E-state index contributed by atoms with van der Waals surface area (Å²) in [5.41, 5.74) is 6.95. The minimum Gasteiger partial charge on any atom is -0.478 e. The number of aromatic carboxylic acids is 1. The number of nitrogens with zero attached hydrogens (tertiary/aromatic N) is 4. The van der Waals surface area contributed by atoms with Gasteiger partial charge in [-0.2, -0.15) is 5.10 Å². The number of aromatic nitrogens is 4. The third-order valence-corrected chi connectivity index (χ3v) is 6.72. The first-order valence-electron chi connectivity index (χ1n) is 11.0. The highest BCUT2D eigenvalue weighted by Gasteiger charge is 2.25. The molecular formula is C26H20ClN5O2. The van der Waals surface area contributed by atoms with Crippen LogP contribution < -0.4 is 4.90 Å². The normalized spacial score (nSPS) is 13.4. The van der Waals surface area contributed by atoms with Crippen LogP contribution in [0.3, 0.4) is 0 Å². The van der Waals surface area contributed by atoms with Crippen molar-refractivity contribution in [3.8, 4) is 11.3 Å². The summed E-state index contributed by atoms with van der Waals surface area (Å²) in [7, 11) is 0. The molecule has 0 bridgehead atoms. The van der Waals surface area contributed by atoms with E-state index in [1.807, 2.05) is 37.3 Å². The molecule has 3 aromatic carbocycles. The molecule has 6 rings (SSSR count). The number of hydrogen-bond donors (Lipinski definition) is 2. The van der Waals surface area contributed by atoms with Crippen LogP contribution in [-0.4, -0.2) is 37.8 Å². The second-order valence-corrected chi connectivity index (χ2v) is 8.87. The number of hydrogen-bond acceptors (Lipinski definition) is 5. The fraction of sp³-hybridized carbons (Fsp3) is 0.154. The molecule has 0 atom stereocenters. The number of benzene rings is 3. The number of carboxylic acid groups (broad SMARTS) is 1. The summed E-state index contributed by atoms with van der Waals surface area (Å²) >= 11 is 6.53. The van der Waals surface area contributed by atoms with E-state index in [4.69, 9.17) is 21.6 Å². The molecule has 2 N–H and O–H groups in total. The van der Waals surface area contributed by atoms with Crippen molar-refractivity contribution in [2.45, 2.75) is 19.8 Å². The van der Waals surface area contributed by atoms with Gasteiger partial charge in [0.15, 0.2) is 5.82 Å². The average Bonchev–Trinajstić information content (AvgIpc) is 3.23. The standard InChI is InChI=1S/C26H20ClN5O2/c1-14-18-12-15(7-9-20(18)31-30-14)24-25(29-22-13-16(26(33)34)8-10-21(22)28-24)32-11-3-4-17-19(27)5-2-6-23(17)32/h2,5-10,12-13H,3-4,11H2,1H3,(H,30,31)(H,33,34). The number of fused-ring (bicyclic) bond motifs is 3. The first-order chi connectivity index (χ1) is 16.5. The molecule has 0 saturated heterocycles. The highest BCUT2D eigenvalue weighted by atomic mass is 35.5. The zero-order valence-corrected chi connectivity index (χ0v) is 19.1. The topological polar surface area (TPSA) is 95.0 Å². The van der Waals surface area contributed by atoms with Crippen molar-refractivity contribution >= 4 is 51.0 Å². The van der Waals surface area contributed by atoms with Gasteiger partial charge in [-0.15, -0.1) is 0 Å². The van der Waals surface area contributed by atoms with Crippen molar-refractivity contribution in [1.82, 2.24) is 20.2 Å². The molecule has 3 heterocycles. The van der Waals surface area contributed by atoms with Crippen LogP contribution in [0.4, 0.5) is 11.5 Å². The first-order valence-corrected chi connectivity index (χ1v) is 11.4. The van der Waals surface area contributed by atoms with Gasteiger partial charge in [0.05, 0.1) is 27.8 Å². The van der Waals surface area contributed by atoms with E-state index < -0.39 is 5.97 Å². The molecule has 1 aliphatic rings. The predicted molar refractivity (Wildman–Crippen MR) is 133 cm³/mol. The molecule has 0 aliphatic carbocycles. The van der Waals surface area contributed by atoms with Gasteiger partial charge in [0, 0.05) is 28.2 Å². The Morgan fingerprint density at radius 3 is 2.82 bits per heavy atom. The molecule has 8 heteroatoms. The minimum absolute atomic E-state index is 0.179. The van der Waals surface area contributed by atoms with E-state index in [-0.39, 0.29) is 5.56 Å². The number of nitrogens with one attached hydrogen (secondary N) is 1. The van der Waals surface area contributed by atoms with Gasteiger partial charge >= 0.3 is 5.97 Å². The smallest absolute Gasteiger partial charge is 0.335 e. The highest BCUT2D eigenvalue weighted by molar-refractivity contribution is 6.31. The Hall–Kier alpha value is -3.97. The van der Waals surface area contributed by atoms with E-state index >= 15 is 0 Å². The molecule has 0 spiro atoms. The van der Waals surface area contributed by atoms with Crippen LogP contribution in [0.1, 0.15) is 28.0 Å². The van der Waals surface area contributed by atoms with Crippen LogP contribution in [0, 0.1) is 6.92 Å². The number of aryl methyl sites for hydroxylation is 1. The third-order valence-electron chi connectivity index (χ3n) is 6.37. The van der Waals surface area contributed by atoms with Gasteiger partial charge in [0.1, 0.15) is 5.69 Å². The summed E-state index contributed by atoms with van der Waals surface area (Å²) in [6.07, 6.45) is 1.82. The number of carbonyl (C=O) groups is 1. The van der Waals surface area contributed by atoms with Crippen LogP contribution in [0.5, 0.6) is 0 Å². The van der Waals surface area contributed by atoms with Gasteiger partial charge < -0.3 is 10.0 Å². The fourth-order valence-electron chi connectivity index (χ4n) is 4.65. The number of H-pyrrole nitrogens is 1. The van der Waals surface area contributed by atoms with Crippen molar-refractivity contribution < 1.29 is 9.90 Å². The number of carboxylic acids is 1. The molecule has 0 fully saturated rings. The molecular weight excluding hydrogens is 450 g/mol. The Bertz CT molecular complexity index is 1610. The fourth-order valence-corrected chi connectivity index (χ4v) is 4.92. The van der Waals surface area contributed by atoms with Crippen molar-refractivity contribution in [3.63, 3.8) is 0 Å². The Morgan fingerprint density at radius 1 is 1.09 bits per heavy atom. The lowest BCUT2D eigenvalue weighted by Crippen LogP contribution is -2.26. The maximum atomic E-state index is 11.6. The third kappa shape index (κ3) is 3.28. The van der Waals surface area contributed by atoms with Gasteiger partial charge in [-0.25, -0.2) is 14.8 Å². The molecule has 5 aromatic rings. The largest absolute Gasteiger partial charge is 0.478 e. The SMILES string of the molecule is Cc1n[nH]c2ccc(-c3nc4ccc(C(=O)O)cc4nc3N3CCCc4c(Cl)cccc43)cc12. The molecule has 34 heavy (non-hydrogen) atoms. The van der Waals surface area contributed by atoms with Crippen molar-refractivity contribution in [2.75, 3.05) is 11.4 Å². The maximum Gasteiger partial charge on any atom is 0.335 e. The van der Waals surface area contributed by atoms with E-state index in [1.165, 1.54) is 0 Å². The summed E-state index contributed by atoms with van der Waals surface area (Å²) in [5, 5.41) is 18.6. The van der Waals surface area contributed by atoms with Gasteiger partial charge in [0.25, 0.3) is 0 Å². The summed E-state index contributed by atoms with van der Waals surface area (Å²) in [6, 6.07) is 16.8. The molecule has 168 valence electrons. The van der Waals surface area contributed by atoms with Crippen molar-refractivity contribution in [2.24, 2.45) is 0 Å². The molecule has 0 amide bonds. The zero-order valence-electron chi connectivity index (χ0n) is 18.3. The van der Waals surface area contributed by atoms with E-state index in [9.17, 15) is 9.90 Å². The van der Waals surface area contributed by atoms with Crippen molar-refractivity contribution in [3.05, 3.63) is 76.4 Å². The molecule has 1 aliphatic heterocycles. The molecule has 0 saturated carbocycles. The molecule has 2 aromatic heterocycles. The number of rotatable bonds is 3. The number of anilines is 2. The Kier molecular flexibility index (Phi) is 4.74. The van der Waals surface area contributed by atoms with Crippen LogP contribution in [0.15, 0.2) is 54.6 Å². The summed E-state index contributed by atoms with van der Waals surface area (Å²) in [5.74, 6) is -0.316. The van der Waals surface area contributed by atoms with Gasteiger partial charge in [-0.1, -0.05) is 23.7 Å². The number of halogens is 1. The molecule has 7 nitrogen and oxygen atoms in total. The Morgan fingerprint density at radius 2 is 1.97 bits per heavy atom. The van der Waals surface area contributed by atoms with Gasteiger partial charge in [0.2, 0.25) is 0 Å². The maximum absolute atomic E-state index is 11.6.